The van der Waals surface area contributed by atoms with Crippen molar-refractivity contribution in [2.45, 2.75) is 64.7 Å². The summed E-state index contributed by atoms with van der Waals surface area (Å²) in [5.41, 5.74) is 9.91. The molecule has 3 rings (SSSR count). The topological polar surface area (TPSA) is 50.5 Å². The number of nitrogens with one attached hydrogen (secondary N) is 1. The first-order valence-corrected chi connectivity index (χ1v) is 9.51. The highest BCUT2D eigenvalue weighted by Gasteiger charge is 2.23. The molecule has 2 unspecified atom stereocenters. The van der Waals surface area contributed by atoms with Crippen LogP contribution in [0.25, 0.3) is 0 Å². The Kier molecular flexibility index (Phi) is 5.67. The Morgan fingerprint density at radius 1 is 1.12 bits per heavy atom. The fourth-order valence-electron chi connectivity index (χ4n) is 4.15. The lowest BCUT2D eigenvalue weighted by Gasteiger charge is -2.37. The monoisotopic (exact) mass is 331 g/mol. The van der Waals surface area contributed by atoms with Gasteiger partial charge in [-0.1, -0.05) is 0 Å². The van der Waals surface area contributed by atoms with Crippen LogP contribution in [0.4, 0.5) is 11.4 Å². The van der Waals surface area contributed by atoms with Crippen molar-refractivity contribution in [3.8, 4) is 0 Å². The smallest absolute Gasteiger partial charge is 0.0726 e. The second kappa shape index (κ2) is 7.75. The van der Waals surface area contributed by atoms with E-state index in [0.717, 1.165) is 25.6 Å². The van der Waals surface area contributed by atoms with E-state index in [1.54, 1.807) is 0 Å². The van der Waals surface area contributed by atoms with Gasteiger partial charge in [0.15, 0.2) is 0 Å². The van der Waals surface area contributed by atoms with Gasteiger partial charge in [0.2, 0.25) is 0 Å². The summed E-state index contributed by atoms with van der Waals surface area (Å²) >= 11 is 0. The van der Waals surface area contributed by atoms with Crippen LogP contribution in [0.5, 0.6) is 0 Å². The molecule has 0 amide bonds. The quantitative estimate of drug-likeness (QED) is 0.886. The molecule has 1 aromatic rings. The van der Waals surface area contributed by atoms with Gasteiger partial charge in [0.25, 0.3) is 0 Å². The summed E-state index contributed by atoms with van der Waals surface area (Å²) in [7, 11) is 0. The van der Waals surface area contributed by atoms with Gasteiger partial charge in [0, 0.05) is 37.1 Å². The molecule has 1 saturated heterocycles. The van der Waals surface area contributed by atoms with E-state index in [1.165, 1.54) is 42.6 Å². The molecule has 3 N–H and O–H groups in total. The van der Waals surface area contributed by atoms with Crippen molar-refractivity contribution in [1.82, 2.24) is 0 Å². The van der Waals surface area contributed by atoms with Gasteiger partial charge in [-0.15, -0.1) is 0 Å². The van der Waals surface area contributed by atoms with Crippen molar-refractivity contribution in [3.05, 3.63) is 23.8 Å². The normalized spacial score (nSPS) is 31.1. The van der Waals surface area contributed by atoms with Crippen molar-refractivity contribution in [3.63, 3.8) is 0 Å². The number of anilines is 2. The number of hydrogen-bond donors (Lipinski definition) is 2. The molecule has 0 aromatic heterocycles. The number of benzene rings is 1. The minimum absolute atomic E-state index is 0.295. The standard InChI is InChI=1S/C20H33N3O/c1-14-10-19(22-11-17-4-6-18(21)7-5-17)8-9-20(14)23-12-15(2)24-16(3)13-23/h8-10,15-18,22H,4-7,11-13,21H2,1-3H3/t15?,16?,17-,18-. The molecule has 2 aliphatic rings. The molecule has 0 radical (unpaired) electrons. The SMILES string of the molecule is Cc1cc(NC[C@H]2CC[C@H](N)CC2)ccc1N1CC(C)OC(C)C1. The van der Waals surface area contributed by atoms with Gasteiger partial charge >= 0.3 is 0 Å². The zero-order chi connectivity index (χ0) is 17.1. The molecular formula is C20H33N3O. The molecule has 1 aromatic carbocycles. The Morgan fingerprint density at radius 2 is 1.79 bits per heavy atom. The van der Waals surface area contributed by atoms with Gasteiger partial charge in [-0.25, -0.2) is 0 Å². The lowest BCUT2D eigenvalue weighted by molar-refractivity contribution is -0.00524. The van der Waals surface area contributed by atoms with Crippen molar-refractivity contribution in [1.29, 1.82) is 0 Å². The molecule has 0 bridgehead atoms. The van der Waals surface area contributed by atoms with Crippen molar-refractivity contribution in [2.24, 2.45) is 11.7 Å². The minimum atomic E-state index is 0.295. The van der Waals surface area contributed by atoms with Crippen LogP contribution in [0, 0.1) is 12.8 Å². The molecule has 24 heavy (non-hydrogen) atoms. The van der Waals surface area contributed by atoms with E-state index >= 15 is 0 Å². The van der Waals surface area contributed by atoms with Crippen LogP contribution in [0.3, 0.4) is 0 Å². The molecule has 1 aliphatic heterocycles. The first-order chi connectivity index (χ1) is 11.5. The summed E-state index contributed by atoms with van der Waals surface area (Å²) in [4.78, 5) is 2.46. The molecule has 1 aliphatic carbocycles. The summed E-state index contributed by atoms with van der Waals surface area (Å²) in [6, 6.07) is 7.20. The van der Waals surface area contributed by atoms with Crippen molar-refractivity contribution in [2.75, 3.05) is 29.9 Å². The maximum absolute atomic E-state index is 6.00. The first-order valence-electron chi connectivity index (χ1n) is 9.51. The minimum Gasteiger partial charge on any atom is -0.385 e. The summed E-state index contributed by atoms with van der Waals surface area (Å²) < 4.78 is 5.85. The fraction of sp³-hybridized carbons (Fsp3) is 0.700. The molecule has 2 atom stereocenters. The predicted octanol–water partition coefficient (Wildman–Crippen LogP) is 3.54. The molecule has 2 fully saturated rings. The highest BCUT2D eigenvalue weighted by Crippen LogP contribution is 2.28. The molecule has 4 heteroatoms. The Hall–Kier alpha value is -1.26. The fourth-order valence-corrected chi connectivity index (χ4v) is 4.15. The summed E-state index contributed by atoms with van der Waals surface area (Å²) in [6.45, 7) is 9.54. The Balaban J connectivity index is 1.58. The Labute approximate surface area is 146 Å². The number of nitrogens with two attached hydrogens (primary N) is 1. The third-order valence-corrected chi connectivity index (χ3v) is 5.44. The third-order valence-electron chi connectivity index (χ3n) is 5.44. The van der Waals surface area contributed by atoms with Gasteiger partial charge in [0.1, 0.15) is 0 Å². The average Bonchev–Trinajstić information content (AvgIpc) is 2.53. The van der Waals surface area contributed by atoms with E-state index in [0.29, 0.717) is 18.2 Å². The van der Waals surface area contributed by atoms with Crippen LogP contribution in [-0.4, -0.2) is 37.9 Å². The van der Waals surface area contributed by atoms with E-state index in [4.69, 9.17) is 10.5 Å². The zero-order valence-corrected chi connectivity index (χ0v) is 15.4. The second-order valence-corrected chi connectivity index (χ2v) is 7.83. The van der Waals surface area contributed by atoms with E-state index in [2.05, 4.69) is 49.2 Å². The predicted molar refractivity (Wildman–Crippen MR) is 102 cm³/mol. The zero-order valence-electron chi connectivity index (χ0n) is 15.4. The molecule has 4 nitrogen and oxygen atoms in total. The van der Waals surface area contributed by atoms with Gasteiger partial charge < -0.3 is 20.7 Å². The lowest BCUT2D eigenvalue weighted by Crippen LogP contribution is -2.45. The van der Waals surface area contributed by atoms with E-state index in [1.807, 2.05) is 0 Å². The summed E-state index contributed by atoms with van der Waals surface area (Å²) in [5.74, 6) is 0.769. The van der Waals surface area contributed by atoms with Gasteiger partial charge in [0.05, 0.1) is 12.2 Å². The largest absolute Gasteiger partial charge is 0.385 e. The summed E-state index contributed by atoms with van der Waals surface area (Å²) in [5, 5.41) is 3.63. The Morgan fingerprint density at radius 3 is 2.42 bits per heavy atom. The van der Waals surface area contributed by atoms with Crippen LogP contribution in [0.1, 0.15) is 45.1 Å². The maximum Gasteiger partial charge on any atom is 0.0726 e. The summed E-state index contributed by atoms with van der Waals surface area (Å²) in [6.07, 6.45) is 5.46. The van der Waals surface area contributed by atoms with Gasteiger partial charge in [-0.2, -0.15) is 0 Å². The average molecular weight is 332 g/mol. The molecule has 1 saturated carbocycles. The number of ether oxygens (including phenoxy) is 1. The lowest BCUT2D eigenvalue weighted by atomic mass is 9.86. The number of morpholine rings is 1. The van der Waals surface area contributed by atoms with Crippen molar-refractivity contribution >= 4 is 11.4 Å². The highest BCUT2D eigenvalue weighted by atomic mass is 16.5. The number of rotatable bonds is 4. The van der Waals surface area contributed by atoms with Gasteiger partial charge in [-0.3, -0.25) is 0 Å². The number of nitrogens with zero attached hydrogens (tertiary/aromatic N) is 1. The second-order valence-electron chi connectivity index (χ2n) is 7.83. The highest BCUT2D eigenvalue weighted by molar-refractivity contribution is 5.61. The molecule has 1 heterocycles. The Bertz CT molecular complexity index is 530. The third kappa shape index (κ3) is 4.42. The van der Waals surface area contributed by atoms with Gasteiger partial charge in [-0.05, 0) is 76.1 Å². The van der Waals surface area contributed by atoms with E-state index in [-0.39, 0.29) is 0 Å². The van der Waals surface area contributed by atoms with Crippen molar-refractivity contribution < 1.29 is 4.74 Å². The van der Waals surface area contributed by atoms with E-state index < -0.39 is 0 Å². The van der Waals surface area contributed by atoms with Crippen LogP contribution in [0.15, 0.2) is 18.2 Å². The van der Waals surface area contributed by atoms with E-state index in [9.17, 15) is 0 Å². The molecule has 0 spiro atoms. The maximum atomic E-state index is 6.00. The van der Waals surface area contributed by atoms with Crippen LogP contribution < -0.4 is 16.0 Å². The van der Waals surface area contributed by atoms with Crippen LogP contribution in [0.2, 0.25) is 0 Å². The molecule has 134 valence electrons. The van der Waals surface area contributed by atoms with Crippen LogP contribution in [-0.2, 0) is 4.74 Å². The van der Waals surface area contributed by atoms with Crippen LogP contribution >= 0.6 is 0 Å². The molecular weight excluding hydrogens is 298 g/mol. The first kappa shape index (κ1) is 17.6. The number of hydrogen-bond acceptors (Lipinski definition) is 4. The number of aryl methyl sites for hydroxylation is 1.